The minimum Gasteiger partial charge on any atom is -0.493 e. The Hall–Kier alpha value is -5.49. The van der Waals surface area contributed by atoms with Crippen LogP contribution in [0.1, 0.15) is 27.8 Å². The van der Waals surface area contributed by atoms with Gasteiger partial charge in [0.05, 0.1) is 47.3 Å². The number of carboxylic acid groups (broad SMARTS) is 1. The molecule has 6 rings (SSSR count). The van der Waals surface area contributed by atoms with E-state index < -0.39 is 36.7 Å². The van der Waals surface area contributed by atoms with Gasteiger partial charge >= 0.3 is 5.97 Å². The molecule has 10 heteroatoms. The molecule has 5 aromatic rings. The van der Waals surface area contributed by atoms with Crippen LogP contribution in [0.3, 0.4) is 0 Å². The third kappa shape index (κ3) is 11.3. The van der Waals surface area contributed by atoms with E-state index in [2.05, 4.69) is 0 Å². The normalized spacial score (nSPS) is 19.6. The minimum absolute atomic E-state index is 0.151. The Morgan fingerprint density at radius 2 is 1.05 bits per heavy atom. The SMILES string of the molecule is COc1cc(/C=C/C(=O)O)cc(OC)c1O[C@@H]1O[C@H](COCc2ccccc2)[C@H](OCc2ccccc2)[C@H](OCc2ccccc2)[C@H]1OCc1ccccc1. The first-order valence-electron chi connectivity index (χ1n) is 18.1. The lowest BCUT2D eigenvalue weighted by atomic mass is 9.97. The van der Waals surface area contributed by atoms with Gasteiger partial charge in [0.15, 0.2) is 11.5 Å². The molecular formula is C45H46O10. The van der Waals surface area contributed by atoms with Crippen LogP contribution in [0.4, 0.5) is 0 Å². The standard InChI is InChI=1S/C45H46O10/c1-48-37-25-36(23-24-40(46)47)26-38(49-2)41(37)55-45-44(53-30-35-21-13-6-14-22-35)43(52-29-34-19-11-5-12-20-34)42(51-28-33-17-9-4-10-18-33)39(54-45)31-50-27-32-15-7-3-8-16-32/h3-26,39,42-45H,27-31H2,1-2H3,(H,46,47)/b24-23+/t39-,42+,43+,44-,45+/m1/s1. The van der Waals surface area contributed by atoms with Crippen molar-refractivity contribution in [2.45, 2.75) is 57.1 Å². The van der Waals surface area contributed by atoms with Crippen LogP contribution >= 0.6 is 0 Å². The Kier molecular flexibility index (Phi) is 14.4. The van der Waals surface area contributed by atoms with Crippen LogP contribution in [0.25, 0.3) is 6.08 Å². The molecule has 5 aromatic carbocycles. The Morgan fingerprint density at radius 1 is 0.618 bits per heavy atom. The van der Waals surface area contributed by atoms with E-state index in [1.54, 1.807) is 12.1 Å². The molecule has 0 aromatic heterocycles. The fraction of sp³-hybridized carbons (Fsp3) is 0.267. The maximum atomic E-state index is 11.3. The summed E-state index contributed by atoms with van der Waals surface area (Å²) in [4.78, 5) is 11.3. The molecule has 5 atom stereocenters. The molecule has 0 aliphatic carbocycles. The van der Waals surface area contributed by atoms with Crippen LogP contribution in [0.2, 0.25) is 0 Å². The molecule has 1 aliphatic rings. The molecule has 0 radical (unpaired) electrons. The lowest BCUT2D eigenvalue weighted by Gasteiger charge is -2.45. The summed E-state index contributed by atoms with van der Waals surface area (Å²) < 4.78 is 51.7. The van der Waals surface area contributed by atoms with Gasteiger partial charge in [0, 0.05) is 6.08 Å². The first-order valence-corrected chi connectivity index (χ1v) is 18.1. The maximum absolute atomic E-state index is 11.3. The van der Waals surface area contributed by atoms with E-state index >= 15 is 0 Å². The Bertz CT molecular complexity index is 1900. The number of rotatable bonds is 19. The van der Waals surface area contributed by atoms with Crippen LogP contribution in [0.5, 0.6) is 17.2 Å². The maximum Gasteiger partial charge on any atom is 0.328 e. The number of methoxy groups -OCH3 is 2. The summed E-state index contributed by atoms with van der Waals surface area (Å²) in [6.07, 6.45) is -1.48. The van der Waals surface area contributed by atoms with Crippen LogP contribution in [0, 0.1) is 0 Å². The van der Waals surface area contributed by atoms with Crippen molar-refractivity contribution in [3.63, 3.8) is 0 Å². The second-order valence-corrected chi connectivity index (χ2v) is 12.9. The average molecular weight is 747 g/mol. The van der Waals surface area contributed by atoms with Gasteiger partial charge in [0.1, 0.15) is 24.4 Å². The van der Waals surface area contributed by atoms with E-state index in [0.29, 0.717) is 30.3 Å². The highest BCUT2D eigenvalue weighted by atomic mass is 16.7. The second-order valence-electron chi connectivity index (χ2n) is 12.9. The van der Waals surface area contributed by atoms with Crippen molar-refractivity contribution in [3.8, 4) is 17.2 Å². The van der Waals surface area contributed by atoms with Gasteiger partial charge in [-0.1, -0.05) is 121 Å². The highest BCUT2D eigenvalue weighted by Crippen LogP contribution is 2.42. The molecular weight excluding hydrogens is 700 g/mol. The van der Waals surface area contributed by atoms with E-state index in [1.807, 2.05) is 121 Å². The van der Waals surface area contributed by atoms with E-state index in [9.17, 15) is 9.90 Å². The minimum atomic E-state index is -1.08. The predicted molar refractivity (Wildman–Crippen MR) is 207 cm³/mol. The summed E-state index contributed by atoms with van der Waals surface area (Å²) in [5.41, 5.74) is 4.46. The number of carbonyl (C=O) groups is 1. The molecule has 1 N–H and O–H groups in total. The first kappa shape index (κ1) is 39.2. The molecule has 0 saturated carbocycles. The second kappa shape index (κ2) is 20.3. The van der Waals surface area contributed by atoms with Gasteiger partial charge in [0.2, 0.25) is 12.0 Å². The number of hydrogen-bond acceptors (Lipinski definition) is 9. The van der Waals surface area contributed by atoms with Gasteiger partial charge in [-0.2, -0.15) is 0 Å². The Labute approximate surface area is 321 Å². The molecule has 55 heavy (non-hydrogen) atoms. The first-order chi connectivity index (χ1) is 27.0. The Morgan fingerprint density at radius 3 is 1.51 bits per heavy atom. The number of aliphatic carboxylic acids is 1. The molecule has 1 fully saturated rings. The van der Waals surface area contributed by atoms with Gasteiger partial charge in [0.25, 0.3) is 0 Å². The molecule has 1 heterocycles. The molecule has 0 amide bonds. The zero-order valence-corrected chi connectivity index (χ0v) is 30.9. The summed E-state index contributed by atoms with van der Waals surface area (Å²) >= 11 is 0. The van der Waals surface area contributed by atoms with Crippen molar-refractivity contribution < 1.29 is 47.8 Å². The smallest absolute Gasteiger partial charge is 0.328 e. The van der Waals surface area contributed by atoms with Crippen LogP contribution in [-0.4, -0.2) is 62.6 Å². The molecule has 0 spiro atoms. The van der Waals surface area contributed by atoms with Gasteiger partial charge in [-0.15, -0.1) is 0 Å². The van der Waals surface area contributed by atoms with Crippen LogP contribution in [0.15, 0.2) is 140 Å². The highest BCUT2D eigenvalue weighted by Gasteiger charge is 2.50. The fourth-order valence-corrected chi connectivity index (χ4v) is 6.24. The third-order valence-electron chi connectivity index (χ3n) is 8.98. The van der Waals surface area contributed by atoms with E-state index in [0.717, 1.165) is 28.3 Å². The summed E-state index contributed by atoms with van der Waals surface area (Å²) in [6.45, 7) is 1.29. The van der Waals surface area contributed by atoms with Crippen molar-refractivity contribution in [3.05, 3.63) is 167 Å². The molecule has 10 nitrogen and oxygen atoms in total. The van der Waals surface area contributed by atoms with Crippen molar-refractivity contribution in [2.24, 2.45) is 0 Å². The summed E-state index contributed by atoms with van der Waals surface area (Å²) in [5, 5.41) is 9.24. The zero-order chi connectivity index (χ0) is 38.2. The predicted octanol–water partition coefficient (Wildman–Crippen LogP) is 7.88. The number of carboxylic acids is 1. The topological polar surface area (TPSA) is 111 Å². The quantitative estimate of drug-likeness (QED) is 0.0839. The molecule has 286 valence electrons. The van der Waals surface area contributed by atoms with Crippen molar-refractivity contribution in [2.75, 3.05) is 20.8 Å². The lowest BCUT2D eigenvalue weighted by molar-refractivity contribution is -0.310. The highest BCUT2D eigenvalue weighted by molar-refractivity contribution is 5.85. The van der Waals surface area contributed by atoms with Crippen molar-refractivity contribution in [1.82, 2.24) is 0 Å². The van der Waals surface area contributed by atoms with Gasteiger partial charge in [-0.3, -0.25) is 0 Å². The molecule has 1 aliphatic heterocycles. The van der Waals surface area contributed by atoms with Crippen LogP contribution < -0.4 is 14.2 Å². The van der Waals surface area contributed by atoms with Gasteiger partial charge in [-0.25, -0.2) is 4.79 Å². The molecule has 0 unspecified atom stereocenters. The van der Waals surface area contributed by atoms with E-state index in [1.165, 1.54) is 20.3 Å². The van der Waals surface area contributed by atoms with Gasteiger partial charge < -0.3 is 43.0 Å². The Balaban J connectivity index is 1.39. The molecule has 0 bridgehead atoms. The average Bonchev–Trinajstić information content (AvgIpc) is 3.23. The summed E-state index contributed by atoms with van der Waals surface area (Å²) in [6, 6.07) is 42.9. The largest absolute Gasteiger partial charge is 0.493 e. The fourth-order valence-electron chi connectivity index (χ4n) is 6.24. The number of benzene rings is 5. The lowest BCUT2D eigenvalue weighted by Crippen LogP contribution is -2.62. The van der Waals surface area contributed by atoms with Crippen LogP contribution in [-0.2, 0) is 54.9 Å². The van der Waals surface area contributed by atoms with Gasteiger partial charge in [-0.05, 0) is 46.0 Å². The van der Waals surface area contributed by atoms with E-state index in [4.69, 9.17) is 37.9 Å². The zero-order valence-electron chi connectivity index (χ0n) is 30.9. The van der Waals surface area contributed by atoms with E-state index in [-0.39, 0.29) is 25.6 Å². The summed E-state index contributed by atoms with van der Waals surface area (Å²) in [7, 11) is 2.99. The molecule has 1 saturated heterocycles. The number of ether oxygens (including phenoxy) is 8. The summed E-state index contributed by atoms with van der Waals surface area (Å²) in [5.74, 6) is -0.240. The third-order valence-corrected chi connectivity index (χ3v) is 8.98. The van der Waals surface area contributed by atoms with Crippen molar-refractivity contribution >= 4 is 12.0 Å². The number of hydrogen-bond donors (Lipinski definition) is 1. The van der Waals surface area contributed by atoms with Crippen molar-refractivity contribution in [1.29, 1.82) is 0 Å². The monoisotopic (exact) mass is 746 g/mol.